The number of amides is 2. The van der Waals surface area contributed by atoms with Crippen LogP contribution in [0.1, 0.15) is 36.0 Å². The summed E-state index contributed by atoms with van der Waals surface area (Å²) in [7, 11) is 1.84. The number of aryl methyl sites for hydroxylation is 1. The minimum atomic E-state index is -0.378. The molecular formula is C18H22N8O2. The van der Waals surface area contributed by atoms with E-state index < -0.39 is 0 Å². The molecule has 2 amide bonds. The number of likely N-dealkylation sites (tertiary alicyclic amines) is 1. The summed E-state index contributed by atoms with van der Waals surface area (Å²) in [5.41, 5.74) is 1.70. The third-order valence-electron chi connectivity index (χ3n) is 4.83. The molecule has 10 nitrogen and oxygen atoms in total. The van der Waals surface area contributed by atoms with Gasteiger partial charge in [-0.15, -0.1) is 5.10 Å². The first-order chi connectivity index (χ1) is 13.6. The summed E-state index contributed by atoms with van der Waals surface area (Å²) in [4.78, 5) is 39.3. The molecule has 4 heterocycles. The Labute approximate surface area is 161 Å². The lowest BCUT2D eigenvalue weighted by Crippen LogP contribution is -2.34. The maximum Gasteiger partial charge on any atom is 0.259 e. The average Bonchev–Trinajstić information content (AvgIpc) is 3.17. The summed E-state index contributed by atoms with van der Waals surface area (Å²) in [5.74, 6) is -0.207. The fraction of sp³-hybridized carbons (Fsp3) is 0.444. The van der Waals surface area contributed by atoms with Gasteiger partial charge >= 0.3 is 0 Å². The van der Waals surface area contributed by atoms with Crippen LogP contribution >= 0.6 is 0 Å². The van der Waals surface area contributed by atoms with E-state index in [4.69, 9.17) is 0 Å². The lowest BCUT2D eigenvalue weighted by Gasteiger charge is -2.19. The topological polar surface area (TPSA) is 111 Å². The quantitative estimate of drug-likeness (QED) is 0.726. The molecule has 4 rings (SSSR count). The van der Waals surface area contributed by atoms with Crippen molar-refractivity contribution in [2.24, 2.45) is 7.05 Å². The highest BCUT2D eigenvalue weighted by Crippen LogP contribution is 2.12. The van der Waals surface area contributed by atoms with Gasteiger partial charge < -0.3 is 9.47 Å². The standard InChI is InChI=1S/C18H22N8O2/c1-24-11-20-14-8-13(9-19-16(14)24)17(28)22-18-21-12-26(23-18)10-15(27)25-6-4-2-3-5-7-25/h8-9,11-12H,2-7,10H2,1H3,(H,22,23,28). The van der Waals surface area contributed by atoms with Crippen molar-refractivity contribution in [2.45, 2.75) is 32.2 Å². The smallest absolute Gasteiger partial charge is 0.259 e. The van der Waals surface area contributed by atoms with E-state index in [0.717, 1.165) is 25.9 Å². The van der Waals surface area contributed by atoms with Crippen molar-refractivity contribution < 1.29 is 9.59 Å². The molecule has 10 heteroatoms. The number of carbonyl (C=O) groups is 2. The molecule has 1 aliphatic rings. The molecule has 28 heavy (non-hydrogen) atoms. The number of hydrogen-bond acceptors (Lipinski definition) is 6. The van der Waals surface area contributed by atoms with Crippen LogP contribution in [0.2, 0.25) is 0 Å². The molecule has 0 saturated carbocycles. The van der Waals surface area contributed by atoms with Gasteiger partial charge in [-0.3, -0.25) is 14.9 Å². The number of nitrogens with one attached hydrogen (secondary N) is 1. The minimum absolute atomic E-state index is 0.0227. The summed E-state index contributed by atoms with van der Waals surface area (Å²) < 4.78 is 3.23. The van der Waals surface area contributed by atoms with Crippen molar-refractivity contribution in [3.05, 3.63) is 30.5 Å². The molecule has 3 aromatic rings. The highest BCUT2D eigenvalue weighted by molar-refractivity contribution is 6.04. The molecule has 1 N–H and O–H groups in total. The van der Waals surface area contributed by atoms with E-state index in [9.17, 15) is 9.59 Å². The normalized spacial score (nSPS) is 14.8. The molecule has 0 aliphatic carbocycles. The van der Waals surface area contributed by atoms with Crippen LogP contribution in [0.5, 0.6) is 0 Å². The van der Waals surface area contributed by atoms with Crippen LogP contribution in [0.4, 0.5) is 5.95 Å². The predicted molar refractivity (Wildman–Crippen MR) is 102 cm³/mol. The second kappa shape index (κ2) is 7.75. The van der Waals surface area contributed by atoms with Gasteiger partial charge in [-0.1, -0.05) is 12.8 Å². The predicted octanol–water partition coefficient (Wildman–Crippen LogP) is 1.21. The van der Waals surface area contributed by atoms with Crippen LogP contribution in [-0.4, -0.2) is 59.1 Å². The first kappa shape index (κ1) is 18.1. The summed E-state index contributed by atoms with van der Waals surface area (Å²) >= 11 is 0. The van der Waals surface area contributed by atoms with Gasteiger partial charge in [0.25, 0.3) is 5.91 Å². The van der Waals surface area contributed by atoms with Crippen molar-refractivity contribution in [1.82, 2.24) is 34.2 Å². The van der Waals surface area contributed by atoms with Gasteiger partial charge in [-0.05, 0) is 18.9 Å². The SMILES string of the molecule is Cn1cnc2cc(C(=O)Nc3ncn(CC(=O)N4CCCCCC4)n3)cnc21. The molecule has 0 bridgehead atoms. The van der Waals surface area contributed by atoms with Crippen molar-refractivity contribution >= 4 is 28.9 Å². The second-order valence-corrected chi connectivity index (χ2v) is 6.94. The lowest BCUT2D eigenvalue weighted by molar-refractivity contribution is -0.132. The maximum atomic E-state index is 12.4. The largest absolute Gasteiger partial charge is 0.341 e. The Morgan fingerprint density at radius 2 is 1.86 bits per heavy atom. The van der Waals surface area contributed by atoms with Gasteiger partial charge in [0, 0.05) is 26.3 Å². The number of rotatable bonds is 4. The number of imidazole rings is 1. The van der Waals surface area contributed by atoms with E-state index in [2.05, 4.69) is 25.4 Å². The van der Waals surface area contributed by atoms with Crippen LogP contribution in [0.25, 0.3) is 11.2 Å². The Bertz CT molecular complexity index is 1000. The Morgan fingerprint density at radius 3 is 2.64 bits per heavy atom. The molecule has 146 valence electrons. The molecule has 0 unspecified atom stereocenters. The van der Waals surface area contributed by atoms with E-state index in [0.29, 0.717) is 16.7 Å². The number of fused-ring (bicyclic) bond motifs is 1. The third kappa shape index (κ3) is 3.85. The molecule has 1 saturated heterocycles. The molecule has 0 radical (unpaired) electrons. The van der Waals surface area contributed by atoms with Crippen molar-refractivity contribution in [3.63, 3.8) is 0 Å². The highest BCUT2D eigenvalue weighted by Gasteiger charge is 2.17. The van der Waals surface area contributed by atoms with Crippen LogP contribution in [-0.2, 0) is 18.4 Å². The van der Waals surface area contributed by atoms with Crippen molar-refractivity contribution in [3.8, 4) is 0 Å². The van der Waals surface area contributed by atoms with Crippen molar-refractivity contribution in [1.29, 1.82) is 0 Å². The number of carbonyl (C=O) groups excluding carboxylic acids is 2. The summed E-state index contributed by atoms with van der Waals surface area (Å²) in [5, 5.41) is 6.82. The first-order valence-electron chi connectivity index (χ1n) is 9.36. The van der Waals surface area contributed by atoms with Gasteiger partial charge in [-0.25, -0.2) is 19.6 Å². The maximum absolute atomic E-state index is 12.4. The lowest BCUT2D eigenvalue weighted by atomic mass is 10.2. The van der Waals surface area contributed by atoms with Crippen LogP contribution < -0.4 is 5.32 Å². The average molecular weight is 382 g/mol. The Kier molecular flexibility index (Phi) is 5.00. The summed E-state index contributed by atoms with van der Waals surface area (Å²) in [6, 6.07) is 1.66. The Balaban J connectivity index is 1.39. The van der Waals surface area contributed by atoms with Crippen LogP contribution in [0.15, 0.2) is 24.9 Å². The first-order valence-corrected chi connectivity index (χ1v) is 9.36. The molecular weight excluding hydrogens is 360 g/mol. The molecule has 0 aromatic carbocycles. The van der Waals surface area contributed by atoms with E-state index in [1.54, 1.807) is 17.0 Å². The third-order valence-corrected chi connectivity index (χ3v) is 4.83. The molecule has 0 spiro atoms. The number of nitrogens with zero attached hydrogens (tertiary/aromatic N) is 7. The van der Waals surface area contributed by atoms with Gasteiger partial charge in [0.15, 0.2) is 5.65 Å². The van der Waals surface area contributed by atoms with E-state index in [1.165, 1.54) is 30.0 Å². The van der Waals surface area contributed by atoms with Gasteiger partial charge in [-0.2, -0.15) is 0 Å². The van der Waals surface area contributed by atoms with Crippen molar-refractivity contribution in [2.75, 3.05) is 18.4 Å². The molecule has 1 aliphatic heterocycles. The van der Waals surface area contributed by atoms with Gasteiger partial charge in [0.05, 0.1) is 11.9 Å². The van der Waals surface area contributed by atoms with Crippen LogP contribution in [0, 0.1) is 0 Å². The van der Waals surface area contributed by atoms with E-state index in [1.807, 2.05) is 11.9 Å². The van der Waals surface area contributed by atoms with E-state index >= 15 is 0 Å². The minimum Gasteiger partial charge on any atom is -0.341 e. The Hall–Kier alpha value is -3.30. The molecule has 3 aromatic heterocycles. The second-order valence-electron chi connectivity index (χ2n) is 6.94. The fourth-order valence-corrected chi connectivity index (χ4v) is 3.30. The number of anilines is 1. The zero-order valence-electron chi connectivity index (χ0n) is 15.7. The Morgan fingerprint density at radius 1 is 1.07 bits per heavy atom. The summed E-state index contributed by atoms with van der Waals surface area (Å²) in [6.07, 6.45) is 9.00. The monoisotopic (exact) mass is 382 g/mol. The highest BCUT2D eigenvalue weighted by atomic mass is 16.2. The summed E-state index contributed by atoms with van der Waals surface area (Å²) in [6.45, 7) is 1.70. The fourth-order valence-electron chi connectivity index (χ4n) is 3.30. The molecule has 0 atom stereocenters. The number of hydrogen-bond donors (Lipinski definition) is 1. The number of aromatic nitrogens is 6. The van der Waals surface area contributed by atoms with E-state index in [-0.39, 0.29) is 24.3 Å². The zero-order chi connectivity index (χ0) is 19.5. The van der Waals surface area contributed by atoms with Gasteiger partial charge in [0.1, 0.15) is 18.4 Å². The van der Waals surface area contributed by atoms with Crippen LogP contribution in [0.3, 0.4) is 0 Å². The number of pyridine rings is 1. The van der Waals surface area contributed by atoms with Gasteiger partial charge in [0.2, 0.25) is 11.9 Å². The molecule has 1 fully saturated rings. The zero-order valence-corrected chi connectivity index (χ0v) is 15.7.